The summed E-state index contributed by atoms with van der Waals surface area (Å²) in [5.41, 5.74) is 2.44. The van der Waals surface area contributed by atoms with Gasteiger partial charge in [-0.2, -0.15) is 0 Å². The fourth-order valence-corrected chi connectivity index (χ4v) is 4.44. The predicted octanol–water partition coefficient (Wildman–Crippen LogP) is 1.27. The molecule has 2 aliphatic heterocycles. The number of amides is 2. The topological polar surface area (TPSA) is 70.7 Å². The Bertz CT molecular complexity index is 725. The van der Waals surface area contributed by atoms with Gasteiger partial charge in [-0.05, 0) is 38.2 Å². The molecule has 2 saturated heterocycles. The van der Waals surface area contributed by atoms with Crippen molar-refractivity contribution in [1.82, 2.24) is 15.5 Å². The molecule has 6 nitrogen and oxygen atoms in total. The number of carbonyl (C=O) groups is 2. The van der Waals surface area contributed by atoms with Crippen LogP contribution in [0.3, 0.4) is 0 Å². The lowest BCUT2D eigenvalue weighted by atomic mass is 9.88. The van der Waals surface area contributed by atoms with E-state index in [1.54, 1.807) is 0 Å². The summed E-state index contributed by atoms with van der Waals surface area (Å²) in [6, 6.07) is 8.51. The average Bonchev–Trinajstić information content (AvgIpc) is 3.47. The number of nitrogens with one attached hydrogen (secondary N) is 2. The summed E-state index contributed by atoms with van der Waals surface area (Å²) in [7, 11) is 0. The Kier molecular flexibility index (Phi) is 5.69. The first-order valence-corrected chi connectivity index (χ1v) is 10.5. The monoisotopic (exact) mass is 385 g/mol. The molecule has 2 atom stereocenters. The smallest absolute Gasteiger partial charge is 0.227 e. The number of aryl methyl sites for hydroxylation is 1. The third-order valence-corrected chi connectivity index (χ3v) is 6.26. The number of morpholine rings is 1. The Balaban J connectivity index is 1.33. The third kappa shape index (κ3) is 4.55. The predicted molar refractivity (Wildman–Crippen MR) is 107 cm³/mol. The van der Waals surface area contributed by atoms with Gasteiger partial charge >= 0.3 is 0 Å². The van der Waals surface area contributed by atoms with E-state index in [1.165, 1.54) is 11.1 Å². The van der Waals surface area contributed by atoms with Crippen molar-refractivity contribution in [2.24, 2.45) is 11.8 Å². The molecular formula is C22H31N3O3. The summed E-state index contributed by atoms with van der Waals surface area (Å²) >= 11 is 0. The molecule has 1 aromatic carbocycles. The molecular weight excluding hydrogens is 354 g/mol. The molecule has 3 aliphatic rings. The normalized spacial score (nSPS) is 26.5. The van der Waals surface area contributed by atoms with Crippen molar-refractivity contribution in [1.29, 1.82) is 0 Å². The lowest BCUT2D eigenvalue weighted by Crippen LogP contribution is -2.52. The van der Waals surface area contributed by atoms with Crippen LogP contribution >= 0.6 is 0 Å². The average molecular weight is 386 g/mol. The molecule has 28 heavy (non-hydrogen) atoms. The van der Waals surface area contributed by atoms with Crippen molar-refractivity contribution >= 4 is 11.8 Å². The molecule has 4 rings (SSSR count). The Morgan fingerprint density at radius 3 is 2.68 bits per heavy atom. The van der Waals surface area contributed by atoms with Crippen LogP contribution in [0, 0.1) is 18.8 Å². The van der Waals surface area contributed by atoms with Crippen LogP contribution in [0.15, 0.2) is 24.3 Å². The van der Waals surface area contributed by atoms with E-state index in [9.17, 15) is 9.59 Å². The summed E-state index contributed by atoms with van der Waals surface area (Å²) in [6.45, 7) is 5.95. The molecule has 1 aliphatic carbocycles. The number of piperidine rings is 1. The van der Waals surface area contributed by atoms with Crippen LogP contribution in [0.5, 0.6) is 0 Å². The number of rotatable bonds is 5. The second kappa shape index (κ2) is 8.21. The fourth-order valence-electron chi connectivity index (χ4n) is 4.44. The minimum absolute atomic E-state index is 0.0912. The van der Waals surface area contributed by atoms with Gasteiger partial charge in [-0.25, -0.2) is 0 Å². The van der Waals surface area contributed by atoms with Gasteiger partial charge in [-0.15, -0.1) is 0 Å². The first-order valence-electron chi connectivity index (χ1n) is 10.5. The van der Waals surface area contributed by atoms with Crippen LogP contribution < -0.4 is 10.6 Å². The highest BCUT2D eigenvalue weighted by atomic mass is 16.5. The third-order valence-electron chi connectivity index (χ3n) is 6.26. The second-order valence-corrected chi connectivity index (χ2v) is 8.66. The van der Waals surface area contributed by atoms with Crippen molar-refractivity contribution in [3.05, 3.63) is 35.4 Å². The summed E-state index contributed by atoms with van der Waals surface area (Å²) in [5.74, 6) is -0.000391. The van der Waals surface area contributed by atoms with Crippen molar-refractivity contribution < 1.29 is 14.3 Å². The molecule has 0 radical (unpaired) electrons. The van der Waals surface area contributed by atoms with Crippen LogP contribution in [0.2, 0.25) is 0 Å². The van der Waals surface area contributed by atoms with Crippen LogP contribution in [0.25, 0.3) is 0 Å². The van der Waals surface area contributed by atoms with Crippen LogP contribution in [0.4, 0.5) is 0 Å². The number of ether oxygens (including phenoxy) is 1. The van der Waals surface area contributed by atoms with Crippen molar-refractivity contribution in [2.45, 2.75) is 38.1 Å². The maximum Gasteiger partial charge on any atom is 0.227 e. The molecule has 0 spiro atoms. The number of benzene rings is 1. The molecule has 3 fully saturated rings. The van der Waals surface area contributed by atoms with Gasteiger partial charge in [0.25, 0.3) is 0 Å². The molecule has 1 aromatic rings. The zero-order chi connectivity index (χ0) is 19.6. The molecule has 0 aromatic heterocycles. The van der Waals surface area contributed by atoms with Gasteiger partial charge < -0.3 is 20.3 Å². The molecule has 2 amide bonds. The number of nitrogens with zero attached hydrogens (tertiary/aromatic N) is 1. The summed E-state index contributed by atoms with van der Waals surface area (Å²) in [6.07, 6.45) is 3.58. The Hall–Kier alpha value is -1.92. The van der Waals surface area contributed by atoms with E-state index >= 15 is 0 Å². The number of carbonyl (C=O) groups excluding carboxylic acids is 2. The lowest BCUT2D eigenvalue weighted by molar-refractivity contribution is -0.141. The molecule has 2 heterocycles. The number of hydrogen-bond donors (Lipinski definition) is 2. The minimum atomic E-state index is -0.140. The van der Waals surface area contributed by atoms with Gasteiger partial charge in [0, 0.05) is 31.7 Å². The Morgan fingerprint density at radius 1 is 1.21 bits per heavy atom. The summed E-state index contributed by atoms with van der Waals surface area (Å²) in [4.78, 5) is 27.6. The highest BCUT2D eigenvalue weighted by molar-refractivity contribution is 5.83. The fraction of sp³-hybridized carbons (Fsp3) is 0.636. The van der Waals surface area contributed by atoms with E-state index < -0.39 is 0 Å². The molecule has 1 saturated carbocycles. The maximum atomic E-state index is 13.0. The van der Waals surface area contributed by atoms with E-state index in [0.29, 0.717) is 45.8 Å². The van der Waals surface area contributed by atoms with E-state index in [1.807, 2.05) is 4.90 Å². The Labute approximate surface area is 167 Å². The first kappa shape index (κ1) is 19.4. The number of hydrogen-bond acceptors (Lipinski definition) is 4. The van der Waals surface area contributed by atoms with Crippen LogP contribution in [-0.4, -0.2) is 61.6 Å². The SMILES string of the molecule is Cc1cccc(CC2(NC(=O)[C@H]3CNC[C@@H](C(=O)N4CCOCC4)C3)CC2)c1. The zero-order valence-corrected chi connectivity index (χ0v) is 16.7. The molecule has 152 valence electrons. The van der Waals surface area contributed by atoms with Gasteiger partial charge in [0.05, 0.1) is 25.0 Å². The standard InChI is InChI=1S/C22H31N3O3/c1-16-3-2-4-17(11-16)13-22(5-6-22)24-20(26)18-12-19(15-23-14-18)21(27)25-7-9-28-10-8-25/h2-4,11,18-19,23H,5-10,12-15H2,1H3,(H,24,26)/t18-,19+/m1/s1. The van der Waals surface area contributed by atoms with Gasteiger partial charge in [-0.1, -0.05) is 29.8 Å². The highest BCUT2D eigenvalue weighted by Crippen LogP contribution is 2.39. The summed E-state index contributed by atoms with van der Waals surface area (Å²) in [5, 5.41) is 6.63. The Morgan fingerprint density at radius 2 is 1.96 bits per heavy atom. The van der Waals surface area contributed by atoms with Crippen LogP contribution in [0.1, 0.15) is 30.4 Å². The van der Waals surface area contributed by atoms with E-state index in [0.717, 1.165) is 19.3 Å². The minimum Gasteiger partial charge on any atom is -0.378 e. The highest BCUT2D eigenvalue weighted by Gasteiger charge is 2.45. The quantitative estimate of drug-likeness (QED) is 0.801. The van der Waals surface area contributed by atoms with Gasteiger partial charge in [0.15, 0.2) is 0 Å². The summed E-state index contributed by atoms with van der Waals surface area (Å²) < 4.78 is 5.34. The first-order chi connectivity index (χ1) is 13.5. The van der Waals surface area contributed by atoms with Gasteiger partial charge in [0.2, 0.25) is 11.8 Å². The zero-order valence-electron chi connectivity index (χ0n) is 16.7. The van der Waals surface area contributed by atoms with Crippen molar-refractivity contribution in [3.63, 3.8) is 0 Å². The molecule has 2 N–H and O–H groups in total. The van der Waals surface area contributed by atoms with Crippen molar-refractivity contribution in [3.8, 4) is 0 Å². The molecule has 6 heteroatoms. The van der Waals surface area contributed by atoms with Crippen molar-refractivity contribution in [2.75, 3.05) is 39.4 Å². The van der Waals surface area contributed by atoms with Crippen LogP contribution in [-0.2, 0) is 20.7 Å². The molecule has 0 bridgehead atoms. The van der Waals surface area contributed by atoms with E-state index in [2.05, 4.69) is 41.8 Å². The maximum absolute atomic E-state index is 13.0. The molecule has 0 unspecified atom stereocenters. The van der Waals surface area contributed by atoms with Gasteiger partial charge in [-0.3, -0.25) is 9.59 Å². The van der Waals surface area contributed by atoms with Gasteiger partial charge in [0.1, 0.15) is 0 Å². The largest absolute Gasteiger partial charge is 0.378 e. The van der Waals surface area contributed by atoms with E-state index in [4.69, 9.17) is 4.74 Å². The van der Waals surface area contributed by atoms with E-state index in [-0.39, 0.29) is 29.2 Å². The lowest BCUT2D eigenvalue weighted by Gasteiger charge is -2.35. The second-order valence-electron chi connectivity index (χ2n) is 8.66.